The van der Waals surface area contributed by atoms with E-state index in [-0.39, 0.29) is 0 Å². The maximum atomic E-state index is 2.30. The van der Waals surface area contributed by atoms with Crippen LogP contribution in [0.2, 0.25) is 0 Å². The highest BCUT2D eigenvalue weighted by molar-refractivity contribution is 5.45. The van der Waals surface area contributed by atoms with Gasteiger partial charge in [-0.05, 0) is 30.5 Å². The van der Waals surface area contributed by atoms with Gasteiger partial charge in [-0.2, -0.15) is 0 Å². The summed E-state index contributed by atoms with van der Waals surface area (Å²) in [4.78, 5) is 0. The van der Waals surface area contributed by atoms with Gasteiger partial charge in [0, 0.05) is 5.92 Å². The minimum absolute atomic E-state index is 0.297. The largest absolute Gasteiger partial charge is 0.0622 e. The third kappa shape index (κ3) is 3.05. The van der Waals surface area contributed by atoms with E-state index in [1.807, 2.05) is 0 Å². The van der Waals surface area contributed by atoms with E-state index in [9.17, 15) is 0 Å². The molecule has 0 spiro atoms. The quantitative estimate of drug-likeness (QED) is 0.553. The van der Waals surface area contributed by atoms with Crippen molar-refractivity contribution < 1.29 is 0 Å². The van der Waals surface area contributed by atoms with Crippen molar-refractivity contribution in [3.8, 4) is 0 Å². The first-order valence-electron chi connectivity index (χ1n) is 7.42. The molecule has 0 radical (unpaired) electrons. The summed E-state index contributed by atoms with van der Waals surface area (Å²) in [6.07, 6.45) is 0. The monoisotopic (exact) mass is 272 g/mol. The summed E-state index contributed by atoms with van der Waals surface area (Å²) in [5, 5.41) is 0. The van der Waals surface area contributed by atoms with Crippen LogP contribution >= 0.6 is 0 Å². The molecule has 0 atom stereocenters. The zero-order chi connectivity index (χ0) is 14.7. The molecule has 3 aromatic carbocycles. The smallest absolute Gasteiger partial charge is 0.0340 e. The summed E-state index contributed by atoms with van der Waals surface area (Å²) in [6, 6.07) is 28.3. The van der Waals surface area contributed by atoms with Crippen LogP contribution in [0.1, 0.15) is 33.7 Å². The number of rotatable bonds is 3. The maximum Gasteiger partial charge on any atom is 0.0340 e. The van der Waals surface area contributed by atoms with E-state index in [1.165, 1.54) is 27.8 Å². The van der Waals surface area contributed by atoms with E-state index in [0.717, 1.165) is 0 Å². The van der Waals surface area contributed by atoms with Gasteiger partial charge < -0.3 is 0 Å². The molecule has 0 nitrogen and oxygen atoms in total. The molecular formula is C21H20. The fourth-order valence-corrected chi connectivity index (χ4v) is 3.04. The van der Waals surface area contributed by atoms with Crippen LogP contribution < -0.4 is 0 Å². The van der Waals surface area contributed by atoms with Crippen LogP contribution in [-0.4, -0.2) is 0 Å². The summed E-state index contributed by atoms with van der Waals surface area (Å²) < 4.78 is 0. The second-order valence-electron chi connectivity index (χ2n) is 5.68. The molecule has 0 bridgehead atoms. The Bertz CT molecular complexity index is 652. The second kappa shape index (κ2) is 5.97. The van der Waals surface area contributed by atoms with Crippen LogP contribution in [0.3, 0.4) is 0 Å². The molecule has 0 unspecified atom stereocenters. The number of aryl methyl sites for hydroxylation is 2. The Morgan fingerprint density at radius 1 is 0.524 bits per heavy atom. The van der Waals surface area contributed by atoms with Gasteiger partial charge in [-0.15, -0.1) is 0 Å². The van der Waals surface area contributed by atoms with Gasteiger partial charge in [0.2, 0.25) is 0 Å². The first kappa shape index (κ1) is 13.6. The van der Waals surface area contributed by atoms with Crippen molar-refractivity contribution in [3.63, 3.8) is 0 Å². The Morgan fingerprint density at radius 2 is 0.952 bits per heavy atom. The molecule has 0 heteroatoms. The second-order valence-corrected chi connectivity index (χ2v) is 5.68. The average molecular weight is 272 g/mol. The Morgan fingerprint density at radius 3 is 1.38 bits per heavy atom. The molecule has 0 aliphatic heterocycles. The third-order valence-corrected chi connectivity index (χ3v) is 3.84. The lowest BCUT2D eigenvalue weighted by molar-refractivity contribution is 0.971. The number of hydrogen-bond acceptors (Lipinski definition) is 0. The van der Waals surface area contributed by atoms with Gasteiger partial charge in [0.05, 0.1) is 0 Å². The average Bonchev–Trinajstić information content (AvgIpc) is 2.49. The van der Waals surface area contributed by atoms with Gasteiger partial charge in [0.1, 0.15) is 0 Å². The van der Waals surface area contributed by atoms with Gasteiger partial charge in [-0.3, -0.25) is 0 Å². The van der Waals surface area contributed by atoms with Crippen molar-refractivity contribution in [2.45, 2.75) is 19.8 Å². The SMILES string of the molecule is Cc1cc(C)cc(C(c2ccccc2)c2ccccc2)c1. The van der Waals surface area contributed by atoms with E-state index in [1.54, 1.807) is 0 Å². The van der Waals surface area contributed by atoms with Gasteiger partial charge in [0.25, 0.3) is 0 Å². The van der Waals surface area contributed by atoms with Gasteiger partial charge >= 0.3 is 0 Å². The van der Waals surface area contributed by atoms with Crippen molar-refractivity contribution in [3.05, 3.63) is 107 Å². The molecule has 21 heavy (non-hydrogen) atoms. The van der Waals surface area contributed by atoms with Crippen LogP contribution in [-0.2, 0) is 0 Å². The van der Waals surface area contributed by atoms with Crippen molar-refractivity contribution in [2.75, 3.05) is 0 Å². The fraction of sp³-hybridized carbons (Fsp3) is 0.143. The van der Waals surface area contributed by atoms with Gasteiger partial charge in [0.15, 0.2) is 0 Å². The molecule has 0 saturated heterocycles. The summed E-state index contributed by atoms with van der Waals surface area (Å²) in [5.74, 6) is 0.297. The van der Waals surface area contributed by atoms with E-state index >= 15 is 0 Å². The van der Waals surface area contributed by atoms with Crippen LogP contribution in [0, 0.1) is 13.8 Å². The number of hydrogen-bond donors (Lipinski definition) is 0. The zero-order valence-corrected chi connectivity index (χ0v) is 12.6. The highest BCUT2D eigenvalue weighted by Gasteiger charge is 2.16. The Labute approximate surface area is 127 Å². The topological polar surface area (TPSA) is 0 Å². The van der Waals surface area contributed by atoms with Crippen molar-refractivity contribution in [1.82, 2.24) is 0 Å². The summed E-state index contributed by atoms with van der Waals surface area (Å²) >= 11 is 0. The zero-order valence-electron chi connectivity index (χ0n) is 12.6. The van der Waals surface area contributed by atoms with Crippen LogP contribution in [0.4, 0.5) is 0 Å². The van der Waals surface area contributed by atoms with Crippen molar-refractivity contribution >= 4 is 0 Å². The standard InChI is InChI=1S/C21H20/c1-16-13-17(2)15-20(14-16)21(18-9-5-3-6-10-18)19-11-7-4-8-12-19/h3-15,21H,1-2H3. The normalized spacial score (nSPS) is 10.8. The molecule has 0 heterocycles. The highest BCUT2D eigenvalue weighted by Crippen LogP contribution is 2.32. The predicted octanol–water partition coefficient (Wildman–Crippen LogP) is 5.48. The molecule has 104 valence electrons. The fourth-order valence-electron chi connectivity index (χ4n) is 3.04. The van der Waals surface area contributed by atoms with Crippen LogP contribution in [0.25, 0.3) is 0 Å². The highest BCUT2D eigenvalue weighted by atomic mass is 14.2. The molecule has 3 aromatic rings. The minimum atomic E-state index is 0.297. The Balaban J connectivity index is 2.17. The molecule has 0 aromatic heterocycles. The molecule has 0 amide bonds. The molecule has 0 aliphatic rings. The van der Waals surface area contributed by atoms with Gasteiger partial charge in [-0.25, -0.2) is 0 Å². The third-order valence-electron chi connectivity index (χ3n) is 3.84. The van der Waals surface area contributed by atoms with Crippen molar-refractivity contribution in [2.24, 2.45) is 0 Å². The minimum Gasteiger partial charge on any atom is -0.0622 e. The lowest BCUT2D eigenvalue weighted by Crippen LogP contribution is -2.04. The van der Waals surface area contributed by atoms with E-state index in [2.05, 4.69) is 92.7 Å². The molecule has 0 N–H and O–H groups in total. The summed E-state index contributed by atoms with van der Waals surface area (Å²) in [6.45, 7) is 4.34. The van der Waals surface area contributed by atoms with E-state index in [0.29, 0.717) is 5.92 Å². The molecule has 0 fully saturated rings. The van der Waals surface area contributed by atoms with Crippen LogP contribution in [0.5, 0.6) is 0 Å². The first-order valence-corrected chi connectivity index (χ1v) is 7.42. The van der Waals surface area contributed by atoms with Gasteiger partial charge in [-0.1, -0.05) is 90.0 Å². The van der Waals surface area contributed by atoms with Crippen molar-refractivity contribution in [1.29, 1.82) is 0 Å². The lowest BCUT2D eigenvalue weighted by atomic mass is 9.84. The Hall–Kier alpha value is -2.34. The molecule has 0 aliphatic carbocycles. The molecule has 0 saturated carbocycles. The maximum absolute atomic E-state index is 2.30. The number of benzene rings is 3. The molecular weight excluding hydrogens is 252 g/mol. The summed E-state index contributed by atoms with van der Waals surface area (Å²) in [7, 11) is 0. The lowest BCUT2D eigenvalue weighted by Gasteiger charge is -2.20. The summed E-state index contributed by atoms with van der Waals surface area (Å²) in [5.41, 5.74) is 6.69. The van der Waals surface area contributed by atoms with E-state index in [4.69, 9.17) is 0 Å². The Kier molecular flexibility index (Phi) is 3.87. The first-order chi connectivity index (χ1) is 10.2. The molecule has 3 rings (SSSR count). The van der Waals surface area contributed by atoms with Crippen LogP contribution in [0.15, 0.2) is 78.9 Å². The predicted molar refractivity (Wildman–Crippen MR) is 89.7 cm³/mol. The van der Waals surface area contributed by atoms with E-state index < -0.39 is 0 Å².